The van der Waals surface area contributed by atoms with Gasteiger partial charge < -0.3 is 14.9 Å². The molecular formula is C22H18FN3O4. The molecule has 2 N–H and O–H groups in total. The monoisotopic (exact) mass is 407 g/mol. The fraction of sp³-hybridized carbons (Fsp3) is 0.182. The first-order valence-corrected chi connectivity index (χ1v) is 9.15. The number of rotatable bonds is 2. The quantitative estimate of drug-likeness (QED) is 0.376. The van der Waals surface area contributed by atoms with Gasteiger partial charge in [0.25, 0.3) is 0 Å². The minimum atomic E-state index is -0.843. The molecule has 0 atom stereocenters. The summed E-state index contributed by atoms with van der Waals surface area (Å²) < 4.78 is 20.9. The second kappa shape index (κ2) is 6.91. The molecule has 2 aromatic heterocycles. The second-order valence-corrected chi connectivity index (χ2v) is 7.86. The van der Waals surface area contributed by atoms with E-state index in [9.17, 15) is 15.0 Å². The third-order valence-electron chi connectivity index (χ3n) is 4.57. The summed E-state index contributed by atoms with van der Waals surface area (Å²) in [4.78, 5) is 23.6. The van der Waals surface area contributed by atoms with Crippen molar-refractivity contribution in [2.75, 3.05) is 0 Å². The summed E-state index contributed by atoms with van der Waals surface area (Å²) in [5.74, 6) is -1.60. The van der Waals surface area contributed by atoms with Gasteiger partial charge in [-0.2, -0.15) is 9.97 Å². The van der Waals surface area contributed by atoms with Crippen LogP contribution in [0.15, 0.2) is 42.6 Å². The van der Waals surface area contributed by atoms with Gasteiger partial charge in [-0.05, 0) is 43.7 Å². The maximum atomic E-state index is 15.3. The number of aromatic hydroxyl groups is 2. The van der Waals surface area contributed by atoms with Crippen molar-refractivity contribution in [1.29, 1.82) is 0 Å². The SMILES string of the molecule is CC(C)(C)C(=O)Oc1cc(-c2ncc3c(O)nc(O)nc3c2F)c2ccccc2c1. The lowest BCUT2D eigenvalue weighted by Gasteiger charge is -2.17. The van der Waals surface area contributed by atoms with Crippen molar-refractivity contribution in [3.8, 4) is 28.9 Å². The Kier molecular flexibility index (Phi) is 4.49. The van der Waals surface area contributed by atoms with Gasteiger partial charge in [-0.3, -0.25) is 9.78 Å². The van der Waals surface area contributed by atoms with E-state index in [1.165, 1.54) is 12.3 Å². The van der Waals surface area contributed by atoms with Crippen LogP contribution in [0.5, 0.6) is 17.6 Å². The normalized spacial score (nSPS) is 11.7. The molecule has 0 amide bonds. The Bertz CT molecular complexity index is 1320. The standard InChI is InChI=1S/C22H18FN3O4/c1-22(2,3)20(28)30-12-8-11-6-4-5-7-13(11)14(9-12)17-16(23)18-15(10-24-17)19(27)26-21(29)25-18/h4-10H,1-3H3,(H2,25,26,27,29). The van der Waals surface area contributed by atoms with E-state index in [2.05, 4.69) is 15.0 Å². The minimum absolute atomic E-state index is 0.0336. The van der Waals surface area contributed by atoms with Crippen LogP contribution in [0.2, 0.25) is 0 Å². The van der Waals surface area contributed by atoms with Crippen LogP contribution in [0.3, 0.4) is 0 Å². The first-order chi connectivity index (χ1) is 14.1. The Labute approximate surface area is 170 Å². The molecule has 2 heterocycles. The molecule has 0 saturated carbocycles. The van der Waals surface area contributed by atoms with Gasteiger partial charge in [0.1, 0.15) is 17.0 Å². The van der Waals surface area contributed by atoms with E-state index in [4.69, 9.17) is 4.74 Å². The van der Waals surface area contributed by atoms with Crippen LogP contribution in [0, 0.1) is 11.2 Å². The number of hydrogen-bond acceptors (Lipinski definition) is 7. The summed E-state index contributed by atoms with van der Waals surface area (Å²) in [6.45, 7) is 5.21. The zero-order valence-corrected chi connectivity index (χ0v) is 16.5. The number of nitrogens with zero attached hydrogens (tertiary/aromatic N) is 3. The van der Waals surface area contributed by atoms with E-state index in [0.29, 0.717) is 10.9 Å². The van der Waals surface area contributed by atoms with Crippen molar-refractivity contribution in [2.45, 2.75) is 20.8 Å². The summed E-state index contributed by atoms with van der Waals surface area (Å²) >= 11 is 0. The van der Waals surface area contributed by atoms with Crippen molar-refractivity contribution in [2.24, 2.45) is 5.41 Å². The third kappa shape index (κ3) is 3.36. The Morgan fingerprint density at radius 2 is 1.80 bits per heavy atom. The number of benzene rings is 2. The molecule has 0 unspecified atom stereocenters. The Balaban J connectivity index is 1.96. The van der Waals surface area contributed by atoms with Crippen LogP contribution < -0.4 is 4.74 Å². The smallest absolute Gasteiger partial charge is 0.317 e. The van der Waals surface area contributed by atoms with Gasteiger partial charge in [0, 0.05) is 11.8 Å². The molecule has 8 heteroatoms. The van der Waals surface area contributed by atoms with Gasteiger partial charge in [-0.1, -0.05) is 24.3 Å². The number of halogens is 1. The fourth-order valence-electron chi connectivity index (χ4n) is 3.02. The van der Waals surface area contributed by atoms with Gasteiger partial charge in [0.2, 0.25) is 5.88 Å². The molecule has 152 valence electrons. The number of pyridine rings is 1. The van der Waals surface area contributed by atoms with Crippen LogP contribution in [0.1, 0.15) is 20.8 Å². The maximum Gasteiger partial charge on any atom is 0.317 e. The van der Waals surface area contributed by atoms with Gasteiger partial charge in [-0.25, -0.2) is 4.39 Å². The van der Waals surface area contributed by atoms with E-state index in [1.54, 1.807) is 39.0 Å². The summed E-state index contributed by atoms with van der Waals surface area (Å²) in [5, 5.41) is 20.8. The van der Waals surface area contributed by atoms with Crippen molar-refractivity contribution in [1.82, 2.24) is 15.0 Å². The first kappa shape index (κ1) is 19.5. The first-order valence-electron chi connectivity index (χ1n) is 9.15. The summed E-state index contributed by atoms with van der Waals surface area (Å²) in [5.41, 5.74) is -0.678. The van der Waals surface area contributed by atoms with Crippen LogP contribution in [-0.2, 0) is 4.79 Å². The average molecular weight is 407 g/mol. The molecule has 0 radical (unpaired) electrons. The van der Waals surface area contributed by atoms with Crippen LogP contribution >= 0.6 is 0 Å². The molecule has 7 nitrogen and oxygen atoms in total. The van der Waals surface area contributed by atoms with Gasteiger partial charge in [-0.15, -0.1) is 0 Å². The number of hydrogen-bond donors (Lipinski definition) is 2. The lowest BCUT2D eigenvalue weighted by atomic mass is 9.97. The lowest BCUT2D eigenvalue weighted by molar-refractivity contribution is -0.142. The molecule has 4 aromatic rings. The van der Waals surface area contributed by atoms with Crippen molar-refractivity contribution >= 4 is 27.6 Å². The largest absolute Gasteiger partial charge is 0.493 e. The minimum Gasteiger partial charge on any atom is -0.493 e. The molecule has 4 rings (SSSR count). The molecular weight excluding hydrogens is 389 g/mol. The molecule has 0 aliphatic rings. The fourth-order valence-corrected chi connectivity index (χ4v) is 3.02. The number of carbonyl (C=O) groups is 1. The lowest BCUT2D eigenvalue weighted by Crippen LogP contribution is -2.25. The highest BCUT2D eigenvalue weighted by molar-refractivity contribution is 5.99. The molecule has 0 fully saturated rings. The Hall–Kier alpha value is -3.81. The second-order valence-electron chi connectivity index (χ2n) is 7.86. The zero-order chi connectivity index (χ0) is 21.6. The van der Waals surface area contributed by atoms with Crippen LogP contribution in [-0.4, -0.2) is 31.1 Å². The van der Waals surface area contributed by atoms with Gasteiger partial charge in [0.15, 0.2) is 5.82 Å². The summed E-state index contributed by atoms with van der Waals surface area (Å²) in [6, 6.07) is 9.69. The number of fused-ring (bicyclic) bond motifs is 2. The van der Waals surface area contributed by atoms with Gasteiger partial charge >= 0.3 is 12.0 Å². The van der Waals surface area contributed by atoms with Crippen molar-refractivity contribution < 1.29 is 24.1 Å². The number of ether oxygens (including phenoxy) is 1. The summed E-state index contributed by atoms with van der Waals surface area (Å²) in [7, 11) is 0. The molecule has 0 saturated heterocycles. The van der Waals surface area contributed by atoms with Crippen molar-refractivity contribution in [3.05, 3.63) is 48.4 Å². The predicted molar refractivity (Wildman–Crippen MR) is 109 cm³/mol. The molecule has 0 aliphatic heterocycles. The average Bonchev–Trinajstić information content (AvgIpc) is 2.67. The number of esters is 1. The number of carbonyl (C=O) groups excluding carboxylic acids is 1. The third-order valence-corrected chi connectivity index (χ3v) is 4.57. The van der Waals surface area contributed by atoms with E-state index < -0.39 is 29.1 Å². The molecule has 2 aromatic carbocycles. The highest BCUT2D eigenvalue weighted by Crippen LogP contribution is 2.36. The molecule has 0 bridgehead atoms. The topological polar surface area (TPSA) is 105 Å². The van der Waals surface area contributed by atoms with E-state index in [-0.39, 0.29) is 22.3 Å². The van der Waals surface area contributed by atoms with Crippen LogP contribution in [0.25, 0.3) is 32.9 Å². The highest BCUT2D eigenvalue weighted by Gasteiger charge is 2.25. The summed E-state index contributed by atoms with van der Waals surface area (Å²) in [6.07, 6.45) is 1.23. The molecule has 30 heavy (non-hydrogen) atoms. The van der Waals surface area contributed by atoms with Crippen LogP contribution in [0.4, 0.5) is 4.39 Å². The highest BCUT2D eigenvalue weighted by atomic mass is 19.1. The molecule has 0 aliphatic carbocycles. The number of aromatic nitrogens is 3. The molecule has 0 spiro atoms. The Morgan fingerprint density at radius 3 is 2.53 bits per heavy atom. The maximum absolute atomic E-state index is 15.3. The Morgan fingerprint density at radius 1 is 1.07 bits per heavy atom. The zero-order valence-electron chi connectivity index (χ0n) is 16.5. The predicted octanol–water partition coefficient (Wildman–Crippen LogP) is 4.35. The van der Waals surface area contributed by atoms with E-state index in [1.807, 2.05) is 12.1 Å². The van der Waals surface area contributed by atoms with Gasteiger partial charge in [0.05, 0.1) is 10.8 Å². The van der Waals surface area contributed by atoms with E-state index >= 15 is 4.39 Å². The van der Waals surface area contributed by atoms with E-state index in [0.717, 1.165) is 5.39 Å². The van der Waals surface area contributed by atoms with Crippen molar-refractivity contribution in [3.63, 3.8) is 0 Å².